The van der Waals surface area contributed by atoms with Crippen molar-refractivity contribution in [2.75, 3.05) is 27.2 Å². The lowest BCUT2D eigenvalue weighted by Gasteiger charge is -2.21. The Morgan fingerprint density at radius 2 is 1.78 bits per heavy atom. The molecule has 0 heterocycles. The van der Waals surface area contributed by atoms with Gasteiger partial charge in [-0.2, -0.15) is 0 Å². The first-order valence-electron chi connectivity index (χ1n) is 5.93. The van der Waals surface area contributed by atoms with Gasteiger partial charge in [0.05, 0.1) is 6.61 Å². The smallest absolute Gasteiger partial charge is 0.335 e. The van der Waals surface area contributed by atoms with Crippen molar-refractivity contribution in [2.24, 2.45) is 5.73 Å². The maximum absolute atomic E-state index is 11.5. The lowest BCUT2D eigenvalue weighted by atomic mass is 10.2. The summed E-state index contributed by atoms with van der Waals surface area (Å²) in [6.07, 6.45) is 0.694. The molecule has 0 spiro atoms. The molecule has 6 nitrogen and oxygen atoms in total. The van der Waals surface area contributed by atoms with E-state index in [0.29, 0.717) is 6.42 Å². The molecule has 6 heteroatoms. The number of carbonyl (C=O) groups excluding carboxylic acids is 2. The standard InChI is InChI=1S/C12H24N2O4/c1-12(2,3)18-11(16)9(13)10(15)17-8-6-7-14(4)5/h9H,6-8,13H2,1-5H3. The zero-order valence-corrected chi connectivity index (χ0v) is 11.9. The van der Waals surface area contributed by atoms with Crippen molar-refractivity contribution in [3.8, 4) is 0 Å². The van der Waals surface area contributed by atoms with Crippen molar-refractivity contribution in [3.63, 3.8) is 0 Å². The zero-order chi connectivity index (χ0) is 14.3. The van der Waals surface area contributed by atoms with Crippen LogP contribution < -0.4 is 5.73 Å². The molecular formula is C12H24N2O4. The van der Waals surface area contributed by atoms with Crippen molar-refractivity contribution in [1.29, 1.82) is 0 Å². The van der Waals surface area contributed by atoms with Gasteiger partial charge >= 0.3 is 11.9 Å². The van der Waals surface area contributed by atoms with E-state index in [1.165, 1.54) is 0 Å². The van der Waals surface area contributed by atoms with Crippen LogP contribution in [0.4, 0.5) is 0 Å². The predicted molar refractivity (Wildman–Crippen MR) is 68.0 cm³/mol. The van der Waals surface area contributed by atoms with Gasteiger partial charge < -0.3 is 20.1 Å². The molecular weight excluding hydrogens is 236 g/mol. The van der Waals surface area contributed by atoms with Crippen LogP contribution >= 0.6 is 0 Å². The van der Waals surface area contributed by atoms with Gasteiger partial charge in [-0.15, -0.1) is 0 Å². The minimum atomic E-state index is -1.37. The second kappa shape index (κ2) is 7.33. The molecule has 18 heavy (non-hydrogen) atoms. The summed E-state index contributed by atoms with van der Waals surface area (Å²) >= 11 is 0. The number of nitrogens with zero attached hydrogens (tertiary/aromatic N) is 1. The average molecular weight is 260 g/mol. The lowest BCUT2D eigenvalue weighted by molar-refractivity contribution is -0.164. The maximum atomic E-state index is 11.5. The van der Waals surface area contributed by atoms with Gasteiger partial charge in [0, 0.05) is 6.54 Å². The maximum Gasteiger partial charge on any atom is 0.335 e. The van der Waals surface area contributed by atoms with Crippen molar-refractivity contribution in [3.05, 3.63) is 0 Å². The van der Waals surface area contributed by atoms with Crippen LogP contribution in [0.1, 0.15) is 27.2 Å². The van der Waals surface area contributed by atoms with E-state index in [1.807, 2.05) is 19.0 Å². The molecule has 0 radical (unpaired) electrons. The zero-order valence-electron chi connectivity index (χ0n) is 11.9. The van der Waals surface area contributed by atoms with E-state index in [9.17, 15) is 9.59 Å². The number of rotatable bonds is 6. The van der Waals surface area contributed by atoms with Crippen LogP contribution in [-0.2, 0) is 19.1 Å². The third-order valence-corrected chi connectivity index (χ3v) is 1.91. The molecule has 0 amide bonds. The summed E-state index contributed by atoms with van der Waals surface area (Å²) in [5.74, 6) is -1.51. The summed E-state index contributed by atoms with van der Waals surface area (Å²) in [6.45, 7) is 6.17. The number of ether oxygens (including phenoxy) is 2. The average Bonchev–Trinajstić information content (AvgIpc) is 2.20. The molecule has 0 aliphatic rings. The molecule has 0 rings (SSSR count). The lowest BCUT2D eigenvalue weighted by Crippen LogP contribution is -2.44. The first-order chi connectivity index (χ1) is 8.13. The van der Waals surface area contributed by atoms with Crippen LogP contribution in [-0.4, -0.2) is 55.7 Å². The van der Waals surface area contributed by atoms with Crippen molar-refractivity contribution < 1.29 is 19.1 Å². The third-order valence-electron chi connectivity index (χ3n) is 1.91. The summed E-state index contributed by atoms with van der Waals surface area (Å²) in [4.78, 5) is 24.9. The highest BCUT2D eigenvalue weighted by atomic mass is 16.6. The molecule has 2 N–H and O–H groups in total. The fraction of sp³-hybridized carbons (Fsp3) is 0.833. The highest BCUT2D eigenvalue weighted by molar-refractivity contribution is 5.99. The Kier molecular flexibility index (Phi) is 6.86. The van der Waals surface area contributed by atoms with E-state index < -0.39 is 23.6 Å². The van der Waals surface area contributed by atoms with Crippen LogP contribution in [0.25, 0.3) is 0 Å². The van der Waals surface area contributed by atoms with E-state index in [1.54, 1.807) is 20.8 Å². The topological polar surface area (TPSA) is 81.9 Å². The van der Waals surface area contributed by atoms with Gasteiger partial charge in [0.2, 0.25) is 6.04 Å². The first-order valence-corrected chi connectivity index (χ1v) is 5.93. The number of hydrogen-bond donors (Lipinski definition) is 1. The third kappa shape index (κ3) is 8.03. The number of hydrogen-bond acceptors (Lipinski definition) is 6. The molecule has 0 aromatic heterocycles. The summed E-state index contributed by atoms with van der Waals surface area (Å²) in [5.41, 5.74) is 4.78. The van der Waals surface area contributed by atoms with Crippen LogP contribution in [0.15, 0.2) is 0 Å². The molecule has 0 bridgehead atoms. The summed E-state index contributed by atoms with van der Waals surface area (Å²) in [7, 11) is 3.85. The molecule has 0 aliphatic heterocycles. The van der Waals surface area contributed by atoms with Gasteiger partial charge in [0.1, 0.15) is 5.60 Å². The molecule has 0 aromatic rings. The Labute approximate surface area is 108 Å². The van der Waals surface area contributed by atoms with Crippen LogP contribution in [0.3, 0.4) is 0 Å². The molecule has 0 fully saturated rings. The van der Waals surface area contributed by atoms with Crippen molar-refractivity contribution in [1.82, 2.24) is 4.90 Å². The Balaban J connectivity index is 3.99. The Hall–Kier alpha value is -1.14. The molecule has 0 saturated heterocycles. The normalized spacial score (nSPS) is 13.3. The predicted octanol–water partition coefficient (Wildman–Crippen LogP) is 0.150. The molecule has 1 unspecified atom stereocenters. The minimum Gasteiger partial charge on any atom is -0.464 e. The van der Waals surface area contributed by atoms with Gasteiger partial charge in [-0.25, -0.2) is 9.59 Å². The van der Waals surface area contributed by atoms with Gasteiger partial charge in [-0.1, -0.05) is 0 Å². The Morgan fingerprint density at radius 1 is 1.22 bits per heavy atom. The highest BCUT2D eigenvalue weighted by Gasteiger charge is 2.28. The first kappa shape index (κ1) is 16.9. The fourth-order valence-electron chi connectivity index (χ4n) is 1.10. The Bertz CT molecular complexity index is 284. The largest absolute Gasteiger partial charge is 0.464 e. The SMILES string of the molecule is CN(C)CCCOC(=O)C(N)C(=O)OC(C)(C)C. The molecule has 1 atom stereocenters. The number of nitrogens with two attached hydrogens (primary N) is 1. The van der Waals surface area contributed by atoms with Crippen molar-refractivity contribution >= 4 is 11.9 Å². The van der Waals surface area contributed by atoms with E-state index in [4.69, 9.17) is 15.2 Å². The highest BCUT2D eigenvalue weighted by Crippen LogP contribution is 2.08. The minimum absolute atomic E-state index is 0.244. The van der Waals surface area contributed by atoms with Gasteiger partial charge in [0.25, 0.3) is 0 Å². The van der Waals surface area contributed by atoms with E-state index in [2.05, 4.69) is 0 Å². The second-order valence-electron chi connectivity index (χ2n) is 5.34. The number of carbonyl (C=O) groups is 2. The number of esters is 2. The van der Waals surface area contributed by atoms with E-state index in [0.717, 1.165) is 6.54 Å². The van der Waals surface area contributed by atoms with Gasteiger partial charge in [-0.3, -0.25) is 0 Å². The second-order valence-corrected chi connectivity index (χ2v) is 5.34. The summed E-state index contributed by atoms with van der Waals surface area (Å²) < 4.78 is 9.89. The molecule has 0 aromatic carbocycles. The quantitative estimate of drug-likeness (QED) is 0.416. The van der Waals surface area contributed by atoms with E-state index in [-0.39, 0.29) is 6.61 Å². The Morgan fingerprint density at radius 3 is 2.22 bits per heavy atom. The monoisotopic (exact) mass is 260 g/mol. The van der Waals surface area contributed by atoms with Crippen LogP contribution in [0.2, 0.25) is 0 Å². The van der Waals surface area contributed by atoms with Crippen LogP contribution in [0.5, 0.6) is 0 Å². The van der Waals surface area contributed by atoms with E-state index >= 15 is 0 Å². The van der Waals surface area contributed by atoms with Gasteiger partial charge in [0.15, 0.2) is 0 Å². The summed E-state index contributed by atoms with van der Waals surface area (Å²) in [6, 6.07) is -1.37. The summed E-state index contributed by atoms with van der Waals surface area (Å²) in [5, 5.41) is 0. The van der Waals surface area contributed by atoms with Crippen LogP contribution in [0, 0.1) is 0 Å². The fourth-order valence-corrected chi connectivity index (χ4v) is 1.10. The van der Waals surface area contributed by atoms with Crippen molar-refractivity contribution in [2.45, 2.75) is 38.8 Å². The molecule has 0 aliphatic carbocycles. The molecule has 0 saturated carbocycles. The molecule has 106 valence electrons. The van der Waals surface area contributed by atoms with Gasteiger partial charge in [-0.05, 0) is 41.3 Å².